The van der Waals surface area contributed by atoms with Gasteiger partial charge in [0, 0.05) is 36.3 Å². The monoisotopic (exact) mass is 1310 g/mol. The second-order valence-corrected chi connectivity index (χ2v) is 39.0. The van der Waals surface area contributed by atoms with Crippen LogP contribution in [0.5, 0.6) is 0 Å². The maximum atomic E-state index is 12.9. The Hall–Kier alpha value is -6.56. The molecular formula is C66H97N9O9S3Si2. The third-order valence-corrected chi connectivity index (χ3v) is 17.2. The number of nitrogens with two attached hydrogens (primary N) is 3. The fraction of sp³-hybridized carbons (Fsp3) is 0.545. The summed E-state index contributed by atoms with van der Waals surface area (Å²) in [4.78, 5) is 74.5. The number of nitrogens with one attached hydrogen (secondary N) is 2. The second kappa shape index (κ2) is 28.3. The Morgan fingerprint density at radius 1 is 0.596 bits per heavy atom. The highest BCUT2D eigenvalue weighted by Crippen LogP contribution is 2.59. The Morgan fingerprint density at radius 3 is 1.45 bits per heavy atom. The molecule has 4 amide bonds. The van der Waals surface area contributed by atoms with Crippen LogP contribution >= 0.6 is 40.5 Å². The van der Waals surface area contributed by atoms with Crippen LogP contribution < -0.4 is 22.5 Å². The number of imidazole rings is 1. The molecule has 3 saturated heterocycles. The topological polar surface area (TPSA) is 262 Å². The van der Waals surface area contributed by atoms with E-state index >= 15 is 0 Å². The van der Waals surface area contributed by atoms with Crippen LogP contribution in [0.2, 0.25) is 39.3 Å². The largest absolute Gasteiger partial charge is 0.480 e. The van der Waals surface area contributed by atoms with Gasteiger partial charge in [-0.25, -0.2) is 24.2 Å². The van der Waals surface area contributed by atoms with E-state index in [-0.39, 0.29) is 74.8 Å². The van der Waals surface area contributed by atoms with Crippen LogP contribution in [0, 0.1) is 51.5 Å². The molecule has 3 spiro atoms. The number of aromatic nitrogens is 2. The zero-order chi connectivity index (χ0) is 63.8. The Labute approximate surface area is 550 Å². The van der Waals surface area contributed by atoms with Crippen molar-refractivity contribution in [3.05, 3.63) is 77.1 Å². The summed E-state index contributed by atoms with van der Waals surface area (Å²) in [7, 11) is -2.72. The molecule has 4 aromatic rings. The van der Waals surface area contributed by atoms with E-state index in [1.54, 1.807) is 49.9 Å². The van der Waals surface area contributed by atoms with E-state index in [4.69, 9.17) is 47.9 Å². The van der Waals surface area contributed by atoms with E-state index in [9.17, 15) is 24.0 Å². The number of likely N-dealkylation sites (tertiary alicyclic amines) is 3. The van der Waals surface area contributed by atoms with Crippen molar-refractivity contribution >= 4 is 121 Å². The van der Waals surface area contributed by atoms with Gasteiger partial charge in [-0.2, -0.15) is 40.5 Å². The first-order chi connectivity index (χ1) is 39.7. The lowest BCUT2D eigenvalue weighted by Gasteiger charge is -2.28. The van der Waals surface area contributed by atoms with Crippen LogP contribution in [0.25, 0.3) is 11.0 Å². The van der Waals surface area contributed by atoms with Crippen molar-refractivity contribution in [3.63, 3.8) is 0 Å². The van der Waals surface area contributed by atoms with Gasteiger partial charge in [0.15, 0.2) is 0 Å². The van der Waals surface area contributed by atoms with Gasteiger partial charge in [-0.3, -0.25) is 19.5 Å². The molecular weight excluding hydrogens is 1220 g/mol. The maximum Gasteiger partial charge on any atom is 0.411 e. The highest BCUT2D eigenvalue weighted by atomic mass is 32.1. The zero-order valence-corrected chi connectivity index (χ0v) is 59.7. The Balaban J connectivity index is 0.000000260. The Morgan fingerprint density at radius 2 is 1.01 bits per heavy atom. The lowest BCUT2D eigenvalue weighted by atomic mass is 10.0. The quantitative estimate of drug-likeness (QED) is 0.0481. The highest BCUT2D eigenvalue weighted by molar-refractivity contribution is 7.59. The van der Waals surface area contributed by atoms with Crippen molar-refractivity contribution < 1.29 is 43.3 Å². The standard InChI is InChI=1S/C23H31N3O2Si.C20H25N3O3.C12H19NO4.C11H16N2Si.3H2S/c1-22(2,3)28-21(27)26-15-23(10-11-23)14-19(26)20-24-17-8-7-16(13-18(17)25-20)9-12-29(4,5)6;1-5-13-6-7-15(14(21)10-13)22-17(24)16-11-20(8-9-20)12-23(16)18(25)26-19(2,3)4;1-11(2,3)17-10(16)13-7-12(4-5-12)6-8(13)9(14)15;1-14(2,3)7-6-9-4-5-10(12)11(13)8-9;;;/h7-8,13,19H,10-11,14-15H2,1-6H3,(H,24,25);1,6-7,10,16H,8-9,11-12,21H2,2-4H3,(H,22,24);8H,4-7H2,1-3H3,(H,14,15);4-5,8H,12-13H2,1-3H3;3*1H2/t;;8-;;;;/m..0..../s1. The number of hydrogen-bond donors (Lipinski definition) is 6. The van der Waals surface area contributed by atoms with Crippen molar-refractivity contribution in [2.24, 2.45) is 16.2 Å². The molecule has 6 aliphatic rings. The molecule has 3 aliphatic heterocycles. The fourth-order valence-electron chi connectivity index (χ4n) is 10.4. The van der Waals surface area contributed by atoms with Crippen molar-refractivity contribution in [1.29, 1.82) is 0 Å². The number of amides is 4. The number of carboxylic acids is 1. The van der Waals surface area contributed by atoms with E-state index in [0.717, 1.165) is 66.6 Å². The van der Waals surface area contributed by atoms with E-state index in [1.165, 1.54) is 17.7 Å². The molecule has 2 unspecified atom stereocenters. The summed E-state index contributed by atoms with van der Waals surface area (Å²) in [5.41, 5.74) is 29.3. The number of carboxylic acid groups (broad SMARTS) is 1. The molecule has 10 rings (SSSR count). The first kappa shape index (κ1) is 74.9. The average Bonchev–Trinajstić information content (AvgIpc) is 1.67. The number of anilines is 4. The SMILES string of the molecule is C#Cc1ccc(NC(=O)C2CC3(CC3)CN2C(=O)OC(C)(C)C)c(N)c1.CC(C)(C)OC(=O)N1CC2(CC2)CC1c1nc2ccc(C#C[Si](C)(C)C)cc2[nH]1.CC(C)(C)OC(=O)N1CC2(CC2)C[C@H]1C(=O)O.C[Si](C)(C)C#Cc1ccc(N)c(N)c1.S.S.S. The number of aromatic amines is 1. The first-order valence-corrected chi connectivity index (χ1v) is 36.8. The summed E-state index contributed by atoms with van der Waals surface area (Å²) in [5, 5.41) is 12.0. The van der Waals surface area contributed by atoms with Gasteiger partial charge >= 0.3 is 24.2 Å². The first-order valence-electron chi connectivity index (χ1n) is 29.8. The summed E-state index contributed by atoms with van der Waals surface area (Å²) >= 11 is 0. The summed E-state index contributed by atoms with van der Waals surface area (Å²) in [6.45, 7) is 31.7. The van der Waals surface area contributed by atoms with Gasteiger partial charge in [0.25, 0.3) is 0 Å². The smallest absolute Gasteiger partial charge is 0.411 e. The molecule has 18 nitrogen and oxygen atoms in total. The second-order valence-electron chi connectivity index (χ2n) is 29.5. The summed E-state index contributed by atoms with van der Waals surface area (Å²) in [5.74, 6) is 8.61. The number of H-pyrrole nitrogens is 1. The molecule has 3 saturated carbocycles. The summed E-state index contributed by atoms with van der Waals surface area (Å²) in [6.07, 6.45) is 12.8. The molecule has 1 aromatic heterocycles. The van der Waals surface area contributed by atoms with Gasteiger partial charge in [0.1, 0.15) is 50.9 Å². The summed E-state index contributed by atoms with van der Waals surface area (Å²) < 4.78 is 16.4. The molecule has 4 heterocycles. The van der Waals surface area contributed by atoms with Crippen LogP contribution in [0.15, 0.2) is 54.6 Å². The lowest BCUT2D eigenvalue weighted by molar-refractivity contribution is -0.142. The number of rotatable bonds is 4. The van der Waals surface area contributed by atoms with Gasteiger partial charge < -0.3 is 46.8 Å². The summed E-state index contributed by atoms with van der Waals surface area (Å²) in [6, 6.07) is 15.3. The third kappa shape index (κ3) is 21.5. The number of nitrogens with zero attached hydrogens (tertiary/aromatic N) is 4. The number of terminal acetylenes is 1. The maximum absolute atomic E-state index is 12.9. The van der Waals surface area contributed by atoms with Crippen molar-refractivity contribution in [2.75, 3.05) is 42.2 Å². The molecule has 0 radical (unpaired) electrons. The van der Waals surface area contributed by atoms with Crippen molar-refractivity contribution in [3.8, 4) is 35.3 Å². The van der Waals surface area contributed by atoms with Crippen LogP contribution in [0.1, 0.15) is 149 Å². The predicted octanol–water partition coefficient (Wildman–Crippen LogP) is 12.5. The van der Waals surface area contributed by atoms with E-state index in [0.29, 0.717) is 54.2 Å². The molecule has 0 bridgehead atoms. The van der Waals surface area contributed by atoms with Crippen LogP contribution in [-0.2, 0) is 23.8 Å². The zero-order valence-electron chi connectivity index (χ0n) is 54.7. The molecule has 3 aliphatic carbocycles. The number of carbonyl (C=O) groups excluding carboxylic acids is 4. The third-order valence-electron chi connectivity index (χ3n) is 15.4. The minimum atomic E-state index is -1.42. The number of benzene rings is 3. The molecule has 6 fully saturated rings. The molecule has 3 atom stereocenters. The van der Waals surface area contributed by atoms with Gasteiger partial charge in [-0.1, -0.05) is 57.0 Å². The number of nitrogen functional groups attached to an aromatic ring is 3. The van der Waals surface area contributed by atoms with Gasteiger partial charge in [0.05, 0.1) is 39.8 Å². The van der Waals surface area contributed by atoms with Crippen molar-refractivity contribution in [2.45, 2.75) is 194 Å². The van der Waals surface area contributed by atoms with E-state index < -0.39 is 63.2 Å². The van der Waals surface area contributed by atoms with E-state index in [2.05, 4.69) is 84.5 Å². The number of ether oxygens (including phenoxy) is 3. The average molecular weight is 1310 g/mol. The fourth-order valence-corrected chi connectivity index (χ4v) is 11.5. The lowest BCUT2D eigenvalue weighted by Crippen LogP contribution is -2.45. The molecule has 486 valence electrons. The molecule has 23 heteroatoms. The number of hydrogen-bond acceptors (Lipinski definition) is 12. The van der Waals surface area contributed by atoms with Gasteiger partial charge in [-0.15, -0.1) is 17.5 Å². The Bertz CT molecular complexity index is 3430. The van der Waals surface area contributed by atoms with Gasteiger partial charge in [-0.05, 0) is 191 Å². The predicted molar refractivity (Wildman–Crippen MR) is 376 cm³/mol. The minimum absolute atomic E-state index is 0. The number of carbonyl (C=O) groups is 5. The molecule has 9 N–H and O–H groups in total. The van der Waals surface area contributed by atoms with Crippen LogP contribution in [0.3, 0.4) is 0 Å². The van der Waals surface area contributed by atoms with Crippen LogP contribution in [-0.4, -0.2) is 125 Å². The number of fused-ring (bicyclic) bond motifs is 1. The Kier molecular flexibility index (Phi) is 23.8. The van der Waals surface area contributed by atoms with Crippen LogP contribution in [0.4, 0.5) is 37.1 Å². The van der Waals surface area contributed by atoms with Crippen molar-refractivity contribution in [1.82, 2.24) is 24.7 Å². The van der Waals surface area contributed by atoms with E-state index in [1.807, 2.05) is 70.7 Å². The van der Waals surface area contributed by atoms with Gasteiger partial charge in [0.2, 0.25) is 5.91 Å². The molecule has 3 aromatic carbocycles. The minimum Gasteiger partial charge on any atom is -0.480 e. The molecule has 89 heavy (non-hydrogen) atoms. The normalized spacial score (nSPS) is 19.3. The highest BCUT2D eigenvalue weighted by Gasteiger charge is 2.58. The number of aliphatic carboxylic acids is 1.